The van der Waals surface area contributed by atoms with Crippen LogP contribution in [0.25, 0.3) is 0 Å². The molecule has 3 aliphatic heterocycles. The molecular formula is C31H42N2O6. The lowest BCUT2D eigenvalue weighted by Gasteiger charge is -2.73. The maximum Gasteiger partial charge on any atom is 0.340 e. The molecule has 2 saturated carbocycles. The third-order valence-corrected chi connectivity index (χ3v) is 11.8. The highest BCUT2D eigenvalue weighted by atomic mass is 16.7. The van der Waals surface area contributed by atoms with Crippen LogP contribution in [-0.2, 0) is 14.2 Å². The molecule has 0 unspecified atom stereocenters. The first kappa shape index (κ1) is 26.0. The Hall–Kier alpha value is -1.97. The number of allylic oxidation sites excluding steroid dienone is 1. The van der Waals surface area contributed by atoms with Gasteiger partial charge in [-0.3, -0.25) is 0 Å². The number of nitrogens with zero attached hydrogens (tertiary/aromatic N) is 1. The second-order valence-electron chi connectivity index (χ2n) is 13.5. The van der Waals surface area contributed by atoms with E-state index in [4.69, 9.17) is 14.2 Å². The highest BCUT2D eigenvalue weighted by Gasteiger charge is 2.79. The topological polar surface area (TPSA) is 104 Å². The van der Waals surface area contributed by atoms with Crippen LogP contribution in [-0.4, -0.2) is 82.0 Å². The van der Waals surface area contributed by atoms with Gasteiger partial charge in [-0.25, -0.2) is 4.79 Å². The summed E-state index contributed by atoms with van der Waals surface area (Å²) in [5.74, 6) is -1.31. The third-order valence-electron chi connectivity index (χ3n) is 11.8. The van der Waals surface area contributed by atoms with Gasteiger partial charge in [0.2, 0.25) is 0 Å². The Morgan fingerprint density at radius 3 is 2.79 bits per heavy atom. The van der Waals surface area contributed by atoms with Gasteiger partial charge in [0.05, 0.1) is 18.3 Å². The number of aromatic amines is 1. The van der Waals surface area contributed by atoms with Crippen LogP contribution in [0.3, 0.4) is 0 Å². The molecule has 4 bridgehead atoms. The minimum atomic E-state index is -1.22. The fraction of sp³-hybridized carbons (Fsp3) is 0.710. The number of likely N-dealkylation sites (N-methyl/N-ethyl adjacent to an activating group) is 1. The predicted octanol–water partition coefficient (Wildman–Crippen LogP) is 3.55. The molecule has 0 aromatic carbocycles. The van der Waals surface area contributed by atoms with E-state index in [0.717, 1.165) is 41.8 Å². The molecule has 212 valence electrons. The van der Waals surface area contributed by atoms with Crippen molar-refractivity contribution in [2.24, 2.45) is 16.7 Å². The Balaban J connectivity index is 1.32. The minimum Gasteiger partial charge on any atom is -0.454 e. The van der Waals surface area contributed by atoms with E-state index in [1.807, 2.05) is 20.8 Å². The van der Waals surface area contributed by atoms with Crippen LogP contribution in [0.4, 0.5) is 0 Å². The quantitative estimate of drug-likeness (QED) is 0.399. The van der Waals surface area contributed by atoms with E-state index < -0.39 is 34.6 Å². The number of ether oxygens (including phenoxy) is 3. The molecule has 5 fully saturated rings. The summed E-state index contributed by atoms with van der Waals surface area (Å²) in [4.78, 5) is 18.7. The smallest absolute Gasteiger partial charge is 0.340 e. The average molecular weight is 539 g/mol. The number of hydrogen-bond donors (Lipinski definition) is 3. The number of carbonyl (C=O) groups is 1. The van der Waals surface area contributed by atoms with Gasteiger partial charge in [-0.2, -0.15) is 0 Å². The van der Waals surface area contributed by atoms with E-state index >= 15 is 0 Å². The minimum absolute atomic E-state index is 0.252. The largest absolute Gasteiger partial charge is 0.454 e. The van der Waals surface area contributed by atoms with Crippen LogP contribution in [0.1, 0.15) is 74.0 Å². The Morgan fingerprint density at radius 1 is 1.26 bits per heavy atom. The molecule has 8 atom stereocenters. The summed E-state index contributed by atoms with van der Waals surface area (Å²) >= 11 is 0. The van der Waals surface area contributed by atoms with E-state index in [2.05, 4.69) is 36.0 Å². The third kappa shape index (κ3) is 3.05. The highest BCUT2D eigenvalue weighted by Crippen LogP contribution is 2.74. The van der Waals surface area contributed by atoms with Gasteiger partial charge >= 0.3 is 5.97 Å². The normalized spacial score (nSPS) is 45.4. The second-order valence-corrected chi connectivity index (χ2v) is 13.5. The molecule has 8 rings (SSSR count). The molecule has 1 spiro atoms. The lowest BCUT2D eigenvalue weighted by molar-refractivity contribution is -0.401. The van der Waals surface area contributed by atoms with Crippen molar-refractivity contribution in [3.8, 4) is 0 Å². The second kappa shape index (κ2) is 8.07. The van der Waals surface area contributed by atoms with E-state index in [0.29, 0.717) is 44.4 Å². The molecule has 4 aliphatic carbocycles. The first-order chi connectivity index (χ1) is 18.4. The van der Waals surface area contributed by atoms with Crippen molar-refractivity contribution in [1.82, 2.24) is 9.88 Å². The van der Waals surface area contributed by atoms with Crippen molar-refractivity contribution in [3.05, 3.63) is 46.3 Å². The fourth-order valence-electron chi connectivity index (χ4n) is 9.71. The Bertz CT molecular complexity index is 1300. The molecule has 0 radical (unpaired) electrons. The summed E-state index contributed by atoms with van der Waals surface area (Å²) < 4.78 is 19.9. The summed E-state index contributed by atoms with van der Waals surface area (Å²) in [7, 11) is 2.10. The number of carbonyl (C=O) groups excluding carboxylic acids is 1. The molecule has 4 heterocycles. The van der Waals surface area contributed by atoms with Crippen LogP contribution in [0, 0.1) is 30.6 Å². The first-order valence-corrected chi connectivity index (χ1v) is 14.6. The number of aliphatic hydroxyl groups is 2. The van der Waals surface area contributed by atoms with Gasteiger partial charge < -0.3 is 34.3 Å². The molecule has 3 saturated heterocycles. The molecule has 7 aliphatic rings. The zero-order valence-corrected chi connectivity index (χ0v) is 23.8. The van der Waals surface area contributed by atoms with Crippen molar-refractivity contribution < 1.29 is 29.2 Å². The molecular weight excluding hydrogens is 496 g/mol. The number of aromatic nitrogens is 1. The van der Waals surface area contributed by atoms with Crippen molar-refractivity contribution in [2.75, 3.05) is 26.7 Å². The maximum atomic E-state index is 13.3. The average Bonchev–Trinajstić information content (AvgIpc) is 3.31. The van der Waals surface area contributed by atoms with Crippen LogP contribution in [0.15, 0.2) is 29.5 Å². The number of H-pyrrole nitrogens is 1. The Morgan fingerprint density at radius 2 is 2.05 bits per heavy atom. The molecule has 3 N–H and O–H groups in total. The fourth-order valence-corrected chi connectivity index (χ4v) is 9.71. The van der Waals surface area contributed by atoms with Gasteiger partial charge in [0.1, 0.15) is 17.3 Å². The number of nitrogens with one attached hydrogen (secondary N) is 1. The summed E-state index contributed by atoms with van der Waals surface area (Å²) in [6.07, 6.45) is 8.78. The van der Waals surface area contributed by atoms with E-state index in [1.165, 1.54) is 0 Å². The summed E-state index contributed by atoms with van der Waals surface area (Å²) in [6, 6.07) is 0. The van der Waals surface area contributed by atoms with Crippen LogP contribution >= 0.6 is 0 Å². The van der Waals surface area contributed by atoms with E-state index in [9.17, 15) is 15.0 Å². The number of esters is 1. The van der Waals surface area contributed by atoms with Crippen LogP contribution in [0.2, 0.25) is 0 Å². The monoisotopic (exact) mass is 538 g/mol. The molecule has 0 amide bonds. The lowest BCUT2D eigenvalue weighted by Crippen LogP contribution is -2.79. The van der Waals surface area contributed by atoms with Gasteiger partial charge in [0.25, 0.3) is 0 Å². The Labute approximate surface area is 230 Å². The van der Waals surface area contributed by atoms with E-state index in [1.54, 1.807) is 6.20 Å². The van der Waals surface area contributed by atoms with Gasteiger partial charge in [0, 0.05) is 48.7 Å². The van der Waals surface area contributed by atoms with E-state index in [-0.39, 0.29) is 17.3 Å². The maximum absolute atomic E-state index is 13.3. The van der Waals surface area contributed by atoms with Crippen molar-refractivity contribution >= 4 is 5.97 Å². The SMILES string of the molecule is Cc1[nH]cc(C(=O)O[C@@H](C)C2=CC[C@@]34OCCN(C)C[C@@]23C[C@@H](O)[C@]23O[C@]5(O)CC[C@@]2(C)[C@H](CC=C43)C5)c1C. The van der Waals surface area contributed by atoms with Crippen molar-refractivity contribution in [1.29, 1.82) is 0 Å². The number of fused-ring (bicyclic) bond motifs is 1. The molecule has 8 heteroatoms. The number of rotatable bonds is 3. The molecule has 1 aromatic heterocycles. The summed E-state index contributed by atoms with van der Waals surface area (Å²) in [6.45, 7) is 10.1. The lowest BCUT2D eigenvalue weighted by atomic mass is 9.41. The molecule has 39 heavy (non-hydrogen) atoms. The van der Waals surface area contributed by atoms with Gasteiger partial charge in [0.15, 0.2) is 5.79 Å². The zero-order chi connectivity index (χ0) is 27.6. The van der Waals surface area contributed by atoms with Crippen LogP contribution < -0.4 is 0 Å². The number of aryl methyl sites for hydroxylation is 1. The molecule has 1 aromatic rings. The first-order valence-electron chi connectivity index (χ1n) is 14.6. The van der Waals surface area contributed by atoms with Crippen molar-refractivity contribution in [2.45, 2.75) is 95.4 Å². The predicted molar refractivity (Wildman–Crippen MR) is 144 cm³/mol. The van der Waals surface area contributed by atoms with Crippen molar-refractivity contribution in [3.63, 3.8) is 0 Å². The Kier molecular flexibility index (Phi) is 5.37. The van der Waals surface area contributed by atoms with Crippen LogP contribution in [0.5, 0.6) is 0 Å². The van der Waals surface area contributed by atoms with Gasteiger partial charge in [-0.1, -0.05) is 19.1 Å². The zero-order valence-electron chi connectivity index (χ0n) is 23.8. The highest BCUT2D eigenvalue weighted by molar-refractivity contribution is 5.91. The standard InChI is InChI=1S/C31H42N2O6/c1-18-19(2)32-16-22(18)26(35)38-20(3)23-8-9-30-24-7-6-21-14-29(36)11-10-27(21,4)31(24,39-29)25(34)15-28(23,30)17-33(5)12-13-37-30/h7-8,16,20-21,25,32,34,36H,6,9-15,17H2,1-5H3/t20-,21+,25+,27-,28-,29+,30-,31-/m0/s1. The van der Waals surface area contributed by atoms with Gasteiger partial charge in [-0.05, 0) is 76.1 Å². The summed E-state index contributed by atoms with van der Waals surface area (Å²) in [5, 5.41) is 23.8. The number of hydrogen-bond acceptors (Lipinski definition) is 7. The van der Waals surface area contributed by atoms with Gasteiger partial charge in [-0.15, -0.1) is 0 Å². The molecule has 8 nitrogen and oxygen atoms in total. The summed E-state index contributed by atoms with van der Waals surface area (Å²) in [5.41, 5.74) is 1.81. The number of aliphatic hydroxyl groups excluding tert-OH is 1.